The number of carbonyl (C=O) groups excluding carboxylic acids is 1. The number of nitrogens with zero attached hydrogens (tertiary/aromatic N) is 1. The molecule has 0 amide bonds. The molecular formula is C14H17NO5S. The summed E-state index contributed by atoms with van der Waals surface area (Å²) in [5.41, 5.74) is 0.0472. The number of fused-ring (bicyclic) bond motifs is 1. The van der Waals surface area contributed by atoms with Crippen molar-refractivity contribution >= 4 is 23.6 Å². The van der Waals surface area contributed by atoms with E-state index in [0.29, 0.717) is 17.8 Å². The quantitative estimate of drug-likeness (QED) is 0.821. The molecule has 0 bridgehead atoms. The molecule has 7 heteroatoms. The number of carbonyl (C=O) groups is 2. The van der Waals surface area contributed by atoms with E-state index in [0.717, 1.165) is 19.1 Å². The second kappa shape index (κ2) is 5.82. The number of aromatic carboxylic acids is 1. The molecule has 6 nitrogen and oxygen atoms in total. The van der Waals surface area contributed by atoms with Crippen LogP contribution in [0.4, 0.5) is 0 Å². The summed E-state index contributed by atoms with van der Waals surface area (Å²) in [4.78, 5) is 25.7. The molecule has 2 fully saturated rings. The minimum absolute atomic E-state index is 0.0145. The molecule has 1 aromatic rings. The summed E-state index contributed by atoms with van der Waals surface area (Å²) < 4.78 is 6.02. The number of hydrogen-bond acceptors (Lipinski definition) is 6. The minimum Gasteiger partial charge on any atom is -0.476 e. The molecule has 0 radical (unpaired) electrons. The molecule has 0 aromatic carbocycles. The second-order valence-electron chi connectivity index (χ2n) is 5.65. The Hall–Kier alpha value is -1.31. The van der Waals surface area contributed by atoms with Gasteiger partial charge in [0.1, 0.15) is 17.4 Å². The third-order valence-electron chi connectivity index (χ3n) is 4.48. The Labute approximate surface area is 125 Å². The van der Waals surface area contributed by atoms with E-state index >= 15 is 0 Å². The summed E-state index contributed by atoms with van der Waals surface area (Å²) in [6.07, 6.45) is 2.63. The first kappa shape index (κ1) is 14.6. The van der Waals surface area contributed by atoms with Gasteiger partial charge in [0, 0.05) is 18.2 Å². The summed E-state index contributed by atoms with van der Waals surface area (Å²) in [7, 11) is 0. The van der Waals surface area contributed by atoms with Crippen LogP contribution in [-0.2, 0) is 9.53 Å². The van der Waals surface area contributed by atoms with Gasteiger partial charge in [-0.15, -0.1) is 11.3 Å². The Morgan fingerprint density at radius 2 is 2.33 bits per heavy atom. The summed E-state index contributed by atoms with van der Waals surface area (Å²) in [6, 6.07) is 0. The summed E-state index contributed by atoms with van der Waals surface area (Å²) >= 11 is 1.29. The zero-order valence-corrected chi connectivity index (χ0v) is 12.2. The molecule has 1 saturated carbocycles. The Kier molecular flexibility index (Phi) is 4.05. The highest BCUT2D eigenvalue weighted by Gasteiger charge is 2.46. The van der Waals surface area contributed by atoms with Crippen LogP contribution in [0.2, 0.25) is 0 Å². The van der Waals surface area contributed by atoms with Crippen LogP contribution in [-0.4, -0.2) is 39.7 Å². The highest BCUT2D eigenvalue weighted by atomic mass is 32.1. The lowest BCUT2D eigenvalue weighted by atomic mass is 9.85. The normalized spacial score (nSPS) is 35.4. The Bertz CT molecular complexity index is 545. The van der Waals surface area contributed by atoms with E-state index in [-0.39, 0.29) is 29.7 Å². The van der Waals surface area contributed by atoms with Crippen molar-refractivity contribution in [2.45, 2.75) is 44.0 Å². The monoisotopic (exact) mass is 311 g/mol. The maximum atomic E-state index is 10.9. The number of aliphatic hydroxyl groups excluding tert-OH is 1. The molecule has 5 atom stereocenters. The van der Waals surface area contributed by atoms with Gasteiger partial charge in [-0.2, -0.15) is 0 Å². The van der Waals surface area contributed by atoms with Gasteiger partial charge in [0.15, 0.2) is 5.69 Å². The molecule has 3 rings (SSSR count). The average Bonchev–Trinajstić information content (AvgIpc) is 3.04. The third-order valence-corrected chi connectivity index (χ3v) is 5.42. The molecule has 21 heavy (non-hydrogen) atoms. The number of ether oxygens (including phenoxy) is 1. The Morgan fingerprint density at radius 3 is 3.00 bits per heavy atom. The zero-order chi connectivity index (χ0) is 15.0. The van der Waals surface area contributed by atoms with E-state index in [4.69, 9.17) is 9.84 Å². The van der Waals surface area contributed by atoms with Gasteiger partial charge in [-0.3, -0.25) is 0 Å². The topological polar surface area (TPSA) is 96.7 Å². The van der Waals surface area contributed by atoms with Crippen molar-refractivity contribution in [3.63, 3.8) is 0 Å². The lowest BCUT2D eigenvalue weighted by molar-refractivity contribution is -0.110. The molecule has 114 valence electrons. The predicted molar refractivity (Wildman–Crippen MR) is 74.2 cm³/mol. The van der Waals surface area contributed by atoms with Crippen LogP contribution in [0.25, 0.3) is 0 Å². The molecule has 0 unspecified atom stereocenters. The van der Waals surface area contributed by atoms with E-state index in [2.05, 4.69) is 4.98 Å². The molecule has 2 N–H and O–H groups in total. The fourth-order valence-electron chi connectivity index (χ4n) is 3.49. The van der Waals surface area contributed by atoms with E-state index in [9.17, 15) is 14.7 Å². The van der Waals surface area contributed by atoms with Gasteiger partial charge in [-0.1, -0.05) is 0 Å². The van der Waals surface area contributed by atoms with Crippen LogP contribution in [0.3, 0.4) is 0 Å². The van der Waals surface area contributed by atoms with Crippen molar-refractivity contribution in [3.8, 4) is 0 Å². The van der Waals surface area contributed by atoms with Gasteiger partial charge in [-0.05, 0) is 24.7 Å². The number of carboxylic acids is 1. The van der Waals surface area contributed by atoms with Gasteiger partial charge in [0.05, 0.1) is 12.2 Å². The molecular weight excluding hydrogens is 294 g/mol. The summed E-state index contributed by atoms with van der Waals surface area (Å²) in [6.45, 7) is 0. The van der Waals surface area contributed by atoms with Crippen molar-refractivity contribution in [1.82, 2.24) is 4.98 Å². The zero-order valence-electron chi connectivity index (χ0n) is 11.3. The fourth-order valence-corrected chi connectivity index (χ4v) is 4.35. The van der Waals surface area contributed by atoms with Crippen LogP contribution in [0, 0.1) is 11.8 Å². The fraction of sp³-hybridized carbons (Fsp3) is 0.643. The molecule has 1 aliphatic carbocycles. The van der Waals surface area contributed by atoms with Crippen molar-refractivity contribution in [2.75, 3.05) is 0 Å². The van der Waals surface area contributed by atoms with Crippen LogP contribution in [0.1, 0.15) is 47.3 Å². The van der Waals surface area contributed by atoms with Gasteiger partial charge in [0.2, 0.25) is 0 Å². The summed E-state index contributed by atoms with van der Waals surface area (Å²) in [5, 5.41) is 21.2. The third kappa shape index (κ3) is 2.73. The van der Waals surface area contributed by atoms with E-state index in [1.54, 1.807) is 0 Å². The first-order valence-electron chi connectivity index (χ1n) is 7.06. The number of hydrogen-bond donors (Lipinski definition) is 2. The largest absolute Gasteiger partial charge is 0.476 e. The van der Waals surface area contributed by atoms with Gasteiger partial charge < -0.3 is 19.7 Å². The predicted octanol–water partition coefficient (Wildman–Crippen LogP) is 1.65. The van der Waals surface area contributed by atoms with Crippen LogP contribution < -0.4 is 0 Å². The number of aliphatic hydroxyl groups is 1. The SMILES string of the molecule is O=CC[C@@H]1[C@H]2CC[C@H](c3nc(C(=O)O)cs3)O[C@H]2C[C@H]1O. The maximum absolute atomic E-state index is 10.9. The summed E-state index contributed by atoms with van der Waals surface area (Å²) in [5.74, 6) is -0.840. The Balaban J connectivity index is 1.70. The molecule has 1 aliphatic heterocycles. The first-order chi connectivity index (χ1) is 10.1. The van der Waals surface area contributed by atoms with Crippen LogP contribution in [0.15, 0.2) is 5.38 Å². The van der Waals surface area contributed by atoms with Crippen LogP contribution in [0.5, 0.6) is 0 Å². The van der Waals surface area contributed by atoms with Crippen LogP contribution >= 0.6 is 11.3 Å². The number of aldehydes is 1. The number of thiazole rings is 1. The molecule has 0 spiro atoms. The van der Waals surface area contributed by atoms with Crippen molar-refractivity contribution in [3.05, 3.63) is 16.1 Å². The lowest BCUT2D eigenvalue weighted by Gasteiger charge is -2.33. The van der Waals surface area contributed by atoms with E-state index < -0.39 is 12.1 Å². The minimum atomic E-state index is -1.03. The standard InChI is InChI=1S/C14H17NO5S/c16-4-3-7-8-1-2-11(20-12(8)5-10(7)17)13-15-9(6-21-13)14(18)19/h4,6-8,10-12,17H,1-3,5H2,(H,18,19)/t7-,8-,10-,11-,12+/m1/s1. The second-order valence-corrected chi connectivity index (χ2v) is 6.54. The van der Waals surface area contributed by atoms with Crippen molar-refractivity contribution < 1.29 is 24.5 Å². The molecule has 1 aromatic heterocycles. The van der Waals surface area contributed by atoms with Crippen molar-refractivity contribution in [2.24, 2.45) is 11.8 Å². The highest BCUT2D eigenvalue weighted by Crippen LogP contribution is 2.46. The van der Waals surface area contributed by atoms with Gasteiger partial charge in [-0.25, -0.2) is 9.78 Å². The number of rotatable bonds is 4. The average molecular weight is 311 g/mol. The smallest absolute Gasteiger partial charge is 0.355 e. The Morgan fingerprint density at radius 1 is 1.52 bits per heavy atom. The number of aromatic nitrogens is 1. The molecule has 2 heterocycles. The molecule has 2 aliphatic rings. The first-order valence-corrected chi connectivity index (χ1v) is 7.94. The highest BCUT2D eigenvalue weighted by molar-refractivity contribution is 7.09. The van der Waals surface area contributed by atoms with Gasteiger partial charge in [0.25, 0.3) is 0 Å². The molecule has 1 saturated heterocycles. The number of carboxylic acid groups (broad SMARTS) is 1. The van der Waals surface area contributed by atoms with E-state index in [1.165, 1.54) is 16.7 Å². The van der Waals surface area contributed by atoms with Crippen molar-refractivity contribution in [1.29, 1.82) is 0 Å². The maximum Gasteiger partial charge on any atom is 0.355 e. The lowest BCUT2D eigenvalue weighted by Crippen LogP contribution is -2.30. The van der Waals surface area contributed by atoms with E-state index in [1.807, 2.05) is 0 Å². The van der Waals surface area contributed by atoms with Gasteiger partial charge >= 0.3 is 5.97 Å².